The zero-order chi connectivity index (χ0) is 14.8. The molecule has 0 aliphatic heterocycles. The molecule has 20 heavy (non-hydrogen) atoms. The maximum atomic E-state index is 12.9. The molecule has 0 amide bonds. The molecule has 0 unspecified atom stereocenters. The van der Waals surface area contributed by atoms with E-state index in [0.717, 1.165) is 25.7 Å². The van der Waals surface area contributed by atoms with E-state index in [2.05, 4.69) is 6.92 Å². The molecule has 1 aromatic carbocycles. The third kappa shape index (κ3) is 3.19. The molecular weight excluding hydrogens is 292 g/mol. The van der Waals surface area contributed by atoms with Crippen molar-refractivity contribution >= 4 is 27.2 Å². The Balaban J connectivity index is 2.40. The third-order valence-corrected chi connectivity index (χ3v) is 5.66. The van der Waals surface area contributed by atoms with Gasteiger partial charge in [-0.05, 0) is 25.3 Å². The molecule has 0 atom stereocenters. The molecule has 1 aromatic rings. The topological polar surface area (TPSA) is 63.4 Å². The van der Waals surface area contributed by atoms with Crippen molar-refractivity contribution in [3.63, 3.8) is 0 Å². The average molecular weight is 312 g/mol. The maximum Gasteiger partial charge on any atom is 0.244 e. The molecule has 0 heterocycles. The van der Waals surface area contributed by atoms with E-state index in [4.69, 9.17) is 18.0 Å². The molecular formula is C14H20N2O2S2. The van der Waals surface area contributed by atoms with Crippen LogP contribution in [0.1, 0.15) is 38.2 Å². The lowest BCUT2D eigenvalue weighted by molar-refractivity contribution is 0.395. The fourth-order valence-electron chi connectivity index (χ4n) is 2.20. The van der Waals surface area contributed by atoms with Crippen molar-refractivity contribution in [2.75, 3.05) is 6.54 Å². The summed E-state index contributed by atoms with van der Waals surface area (Å²) in [5.74, 6) is 0. The van der Waals surface area contributed by atoms with Crippen molar-refractivity contribution in [2.45, 2.75) is 43.5 Å². The van der Waals surface area contributed by atoms with Gasteiger partial charge in [0.25, 0.3) is 0 Å². The first kappa shape index (κ1) is 15.4. The van der Waals surface area contributed by atoms with Gasteiger partial charge in [-0.3, -0.25) is 0 Å². The Morgan fingerprint density at radius 3 is 2.60 bits per heavy atom. The number of unbranched alkanes of at least 4 members (excludes halogenated alkanes) is 1. The summed E-state index contributed by atoms with van der Waals surface area (Å²) < 4.78 is 27.3. The van der Waals surface area contributed by atoms with Crippen LogP contribution in [0.25, 0.3) is 0 Å². The van der Waals surface area contributed by atoms with E-state index in [1.165, 1.54) is 0 Å². The number of hydrogen-bond donors (Lipinski definition) is 1. The van der Waals surface area contributed by atoms with Crippen molar-refractivity contribution < 1.29 is 8.42 Å². The van der Waals surface area contributed by atoms with Gasteiger partial charge in [-0.1, -0.05) is 43.8 Å². The molecule has 2 rings (SSSR count). The fraction of sp³-hybridized carbons (Fsp3) is 0.500. The molecule has 1 fully saturated rings. The highest BCUT2D eigenvalue weighted by Crippen LogP contribution is 2.33. The quantitative estimate of drug-likeness (QED) is 0.785. The zero-order valence-corrected chi connectivity index (χ0v) is 13.2. The minimum absolute atomic E-state index is 0.121. The van der Waals surface area contributed by atoms with Crippen molar-refractivity contribution in [1.29, 1.82) is 0 Å². The second kappa shape index (κ2) is 6.20. The molecule has 0 radical (unpaired) electrons. The first-order chi connectivity index (χ1) is 9.48. The number of benzene rings is 1. The van der Waals surface area contributed by atoms with Gasteiger partial charge >= 0.3 is 0 Å². The Morgan fingerprint density at radius 1 is 1.40 bits per heavy atom. The van der Waals surface area contributed by atoms with Crippen LogP contribution in [0.15, 0.2) is 29.2 Å². The van der Waals surface area contributed by atoms with Crippen LogP contribution in [0.4, 0.5) is 0 Å². The second-order valence-corrected chi connectivity index (χ2v) is 7.36. The van der Waals surface area contributed by atoms with Crippen LogP contribution in [-0.2, 0) is 10.0 Å². The highest BCUT2D eigenvalue weighted by atomic mass is 32.2. The largest absolute Gasteiger partial charge is 0.389 e. The summed E-state index contributed by atoms with van der Waals surface area (Å²) >= 11 is 4.97. The van der Waals surface area contributed by atoms with Crippen molar-refractivity contribution in [2.24, 2.45) is 5.73 Å². The molecule has 1 aliphatic rings. The Bertz CT molecular complexity index is 595. The second-order valence-electron chi connectivity index (χ2n) is 5.06. The summed E-state index contributed by atoms with van der Waals surface area (Å²) in [6.45, 7) is 2.62. The number of rotatable bonds is 7. The van der Waals surface area contributed by atoms with Gasteiger partial charge in [0.2, 0.25) is 10.0 Å². The molecule has 0 saturated heterocycles. The summed E-state index contributed by atoms with van der Waals surface area (Å²) in [5, 5.41) is 0. The van der Waals surface area contributed by atoms with E-state index in [1.807, 2.05) is 0 Å². The summed E-state index contributed by atoms with van der Waals surface area (Å²) in [6.07, 6.45) is 3.72. The summed E-state index contributed by atoms with van der Waals surface area (Å²) in [5.41, 5.74) is 6.09. The first-order valence-electron chi connectivity index (χ1n) is 6.89. The number of nitrogens with two attached hydrogens (primary N) is 1. The molecule has 2 N–H and O–H groups in total. The Kier molecular flexibility index (Phi) is 4.78. The lowest BCUT2D eigenvalue weighted by atomic mass is 10.2. The molecule has 1 saturated carbocycles. The SMILES string of the molecule is CCCCN(C1CC1)S(=O)(=O)c1ccccc1C(N)=S. The number of sulfonamides is 1. The van der Waals surface area contributed by atoms with Crippen LogP contribution < -0.4 is 5.73 Å². The Morgan fingerprint density at radius 2 is 2.05 bits per heavy atom. The monoisotopic (exact) mass is 312 g/mol. The van der Waals surface area contributed by atoms with E-state index in [-0.39, 0.29) is 15.9 Å². The molecule has 0 aromatic heterocycles. The summed E-state index contributed by atoms with van der Waals surface area (Å²) in [6, 6.07) is 6.86. The minimum Gasteiger partial charge on any atom is -0.389 e. The smallest absolute Gasteiger partial charge is 0.244 e. The number of nitrogens with zero attached hydrogens (tertiary/aromatic N) is 1. The van der Waals surface area contributed by atoms with Gasteiger partial charge in [0.1, 0.15) is 4.99 Å². The van der Waals surface area contributed by atoms with Crippen LogP contribution in [0.3, 0.4) is 0 Å². The van der Waals surface area contributed by atoms with Gasteiger partial charge in [0.05, 0.1) is 4.90 Å². The van der Waals surface area contributed by atoms with Gasteiger partial charge in [0, 0.05) is 18.2 Å². The molecule has 6 heteroatoms. The average Bonchev–Trinajstić information content (AvgIpc) is 3.23. The summed E-state index contributed by atoms with van der Waals surface area (Å²) in [4.78, 5) is 0.353. The normalized spacial score (nSPS) is 15.5. The van der Waals surface area contributed by atoms with Gasteiger partial charge in [-0.2, -0.15) is 4.31 Å². The summed E-state index contributed by atoms with van der Waals surface area (Å²) in [7, 11) is -3.52. The first-order valence-corrected chi connectivity index (χ1v) is 8.74. The van der Waals surface area contributed by atoms with Crippen LogP contribution >= 0.6 is 12.2 Å². The Hall–Kier alpha value is -0.980. The predicted molar refractivity (Wildman–Crippen MR) is 84.2 cm³/mol. The van der Waals surface area contributed by atoms with Crippen LogP contribution in [-0.4, -0.2) is 30.3 Å². The van der Waals surface area contributed by atoms with E-state index >= 15 is 0 Å². The van der Waals surface area contributed by atoms with E-state index in [9.17, 15) is 8.42 Å². The molecule has 1 aliphatic carbocycles. The van der Waals surface area contributed by atoms with Gasteiger partial charge < -0.3 is 5.73 Å². The van der Waals surface area contributed by atoms with Crippen LogP contribution in [0.5, 0.6) is 0 Å². The molecule has 4 nitrogen and oxygen atoms in total. The van der Waals surface area contributed by atoms with Gasteiger partial charge in [-0.15, -0.1) is 0 Å². The van der Waals surface area contributed by atoms with E-state index < -0.39 is 10.0 Å². The van der Waals surface area contributed by atoms with E-state index in [0.29, 0.717) is 12.1 Å². The lowest BCUT2D eigenvalue weighted by Crippen LogP contribution is -2.35. The van der Waals surface area contributed by atoms with Gasteiger partial charge in [-0.25, -0.2) is 8.42 Å². The Labute approximate surface area is 126 Å². The van der Waals surface area contributed by atoms with E-state index in [1.54, 1.807) is 28.6 Å². The predicted octanol–water partition coefficient (Wildman–Crippen LogP) is 2.27. The van der Waals surface area contributed by atoms with Crippen molar-refractivity contribution in [1.82, 2.24) is 4.31 Å². The molecule has 110 valence electrons. The van der Waals surface area contributed by atoms with Crippen molar-refractivity contribution in [3.05, 3.63) is 29.8 Å². The molecule has 0 spiro atoms. The maximum absolute atomic E-state index is 12.9. The highest BCUT2D eigenvalue weighted by Gasteiger charge is 2.38. The zero-order valence-electron chi connectivity index (χ0n) is 11.6. The van der Waals surface area contributed by atoms with Crippen LogP contribution in [0.2, 0.25) is 0 Å². The molecule has 0 bridgehead atoms. The highest BCUT2D eigenvalue weighted by molar-refractivity contribution is 7.89. The third-order valence-electron chi connectivity index (χ3n) is 3.43. The van der Waals surface area contributed by atoms with Crippen molar-refractivity contribution in [3.8, 4) is 0 Å². The van der Waals surface area contributed by atoms with Crippen LogP contribution in [0, 0.1) is 0 Å². The minimum atomic E-state index is -3.52. The lowest BCUT2D eigenvalue weighted by Gasteiger charge is -2.23. The number of thiocarbonyl (C=S) groups is 1. The van der Waals surface area contributed by atoms with Gasteiger partial charge in [0.15, 0.2) is 0 Å². The number of hydrogen-bond acceptors (Lipinski definition) is 3. The standard InChI is InChI=1S/C14H20N2O2S2/c1-2-3-10-16(11-8-9-11)20(17,18)13-7-5-4-6-12(13)14(15)19/h4-7,11H,2-3,8-10H2,1H3,(H2,15,19). The fourth-order valence-corrected chi connectivity index (χ4v) is 4.37.